The third kappa shape index (κ3) is 3.07. The average molecular weight is 266 g/mol. The average Bonchev–Trinajstić information content (AvgIpc) is 2.98. The minimum atomic E-state index is -0.365. The highest BCUT2D eigenvalue weighted by atomic mass is 32.1. The monoisotopic (exact) mass is 266 g/mol. The molecule has 0 radical (unpaired) electrons. The van der Waals surface area contributed by atoms with Crippen LogP contribution in [0.4, 0.5) is 10.8 Å². The lowest BCUT2D eigenvalue weighted by Gasteiger charge is -2.10. The highest BCUT2D eigenvalue weighted by Crippen LogP contribution is 2.16. The molecule has 2 aromatic heterocycles. The number of urea groups is 1. The fraction of sp³-hybridized carbons (Fsp3) is 0.364. The van der Waals surface area contributed by atoms with E-state index in [-0.39, 0.29) is 18.1 Å². The second-order valence-electron chi connectivity index (χ2n) is 3.68. The predicted molar refractivity (Wildman–Crippen MR) is 68.6 cm³/mol. The summed E-state index contributed by atoms with van der Waals surface area (Å²) in [5, 5.41) is 8.27. The number of aromatic nitrogens is 2. The van der Waals surface area contributed by atoms with Crippen LogP contribution in [0.2, 0.25) is 0 Å². The standard InChI is InChI=1S/C11H14N4O2S/c1-3-9-14-8(6-18-9)7(2)13-10(16)15-11-12-4-5-17-11/h4-7H,3H2,1-2H3,(H2,12,13,15,16)/t7-/m1/s1. The van der Waals surface area contributed by atoms with Crippen molar-refractivity contribution >= 4 is 23.4 Å². The maximum Gasteiger partial charge on any atom is 0.323 e. The first kappa shape index (κ1) is 12.6. The zero-order chi connectivity index (χ0) is 13.0. The first-order chi connectivity index (χ1) is 8.69. The number of aryl methyl sites for hydroxylation is 1. The van der Waals surface area contributed by atoms with E-state index >= 15 is 0 Å². The quantitative estimate of drug-likeness (QED) is 0.891. The summed E-state index contributed by atoms with van der Waals surface area (Å²) in [5.41, 5.74) is 0.861. The molecule has 0 bridgehead atoms. The molecule has 0 aliphatic heterocycles. The molecule has 2 aromatic rings. The lowest BCUT2D eigenvalue weighted by molar-refractivity contribution is 0.248. The summed E-state index contributed by atoms with van der Waals surface area (Å²) in [6.45, 7) is 3.93. The van der Waals surface area contributed by atoms with Gasteiger partial charge in [-0.1, -0.05) is 6.92 Å². The fourth-order valence-corrected chi connectivity index (χ4v) is 2.21. The number of carbonyl (C=O) groups excluding carboxylic acids is 1. The maximum atomic E-state index is 11.6. The number of hydrogen-bond donors (Lipinski definition) is 2. The number of thiazole rings is 1. The molecular formula is C11H14N4O2S. The molecule has 7 heteroatoms. The number of nitrogens with one attached hydrogen (secondary N) is 2. The van der Waals surface area contributed by atoms with Gasteiger partial charge in [-0.25, -0.2) is 14.8 Å². The molecule has 6 nitrogen and oxygen atoms in total. The van der Waals surface area contributed by atoms with Gasteiger partial charge >= 0.3 is 12.0 Å². The number of nitrogens with zero attached hydrogens (tertiary/aromatic N) is 2. The Morgan fingerprint density at radius 3 is 3.06 bits per heavy atom. The van der Waals surface area contributed by atoms with Gasteiger partial charge in [0.15, 0.2) is 0 Å². The first-order valence-electron chi connectivity index (χ1n) is 5.60. The van der Waals surface area contributed by atoms with Crippen molar-refractivity contribution in [2.45, 2.75) is 26.3 Å². The molecule has 2 amide bonds. The van der Waals surface area contributed by atoms with Crippen molar-refractivity contribution in [2.24, 2.45) is 0 Å². The highest BCUT2D eigenvalue weighted by molar-refractivity contribution is 7.09. The van der Waals surface area contributed by atoms with Crippen LogP contribution < -0.4 is 10.6 Å². The number of carbonyl (C=O) groups is 1. The molecule has 18 heavy (non-hydrogen) atoms. The second kappa shape index (κ2) is 5.63. The molecule has 2 heterocycles. The summed E-state index contributed by atoms with van der Waals surface area (Å²) >= 11 is 1.60. The number of hydrogen-bond acceptors (Lipinski definition) is 5. The van der Waals surface area contributed by atoms with E-state index in [1.54, 1.807) is 11.3 Å². The summed E-state index contributed by atoms with van der Waals surface area (Å²) in [6, 6.07) is -0.347. The largest absolute Gasteiger partial charge is 0.432 e. The van der Waals surface area contributed by atoms with Crippen molar-refractivity contribution in [3.63, 3.8) is 0 Å². The number of anilines is 1. The van der Waals surface area contributed by atoms with Crippen molar-refractivity contribution in [1.82, 2.24) is 15.3 Å². The van der Waals surface area contributed by atoms with Gasteiger partial charge in [0, 0.05) is 5.38 Å². The van der Waals surface area contributed by atoms with E-state index in [0.29, 0.717) is 0 Å². The minimum Gasteiger partial charge on any atom is -0.432 e. The minimum absolute atomic E-state index is 0.156. The van der Waals surface area contributed by atoms with E-state index in [9.17, 15) is 4.79 Å². The Morgan fingerprint density at radius 2 is 2.44 bits per heavy atom. The summed E-state index contributed by atoms with van der Waals surface area (Å²) in [4.78, 5) is 19.8. The van der Waals surface area contributed by atoms with Crippen LogP contribution in [0.5, 0.6) is 0 Å². The van der Waals surface area contributed by atoms with Crippen molar-refractivity contribution < 1.29 is 9.21 Å². The van der Waals surface area contributed by atoms with Gasteiger partial charge in [0.05, 0.1) is 22.9 Å². The van der Waals surface area contributed by atoms with E-state index in [2.05, 4.69) is 27.5 Å². The van der Waals surface area contributed by atoms with E-state index in [4.69, 9.17) is 4.42 Å². The zero-order valence-electron chi connectivity index (χ0n) is 10.1. The summed E-state index contributed by atoms with van der Waals surface area (Å²) in [7, 11) is 0. The van der Waals surface area contributed by atoms with E-state index in [1.165, 1.54) is 12.5 Å². The van der Waals surface area contributed by atoms with Crippen molar-refractivity contribution in [3.05, 3.63) is 28.5 Å². The molecule has 2 N–H and O–H groups in total. The van der Waals surface area contributed by atoms with Gasteiger partial charge in [0.25, 0.3) is 0 Å². The summed E-state index contributed by atoms with van der Waals surface area (Å²) < 4.78 is 4.92. The molecule has 0 aliphatic rings. The molecule has 2 rings (SSSR count). The van der Waals surface area contributed by atoms with Crippen LogP contribution in [0.15, 0.2) is 22.3 Å². The van der Waals surface area contributed by atoms with Crippen LogP contribution in [-0.4, -0.2) is 16.0 Å². The molecule has 0 saturated heterocycles. The van der Waals surface area contributed by atoms with Crippen molar-refractivity contribution in [3.8, 4) is 0 Å². The smallest absolute Gasteiger partial charge is 0.323 e. The Labute approximate surface area is 108 Å². The number of amides is 2. The number of oxazole rings is 1. The first-order valence-corrected chi connectivity index (χ1v) is 6.48. The van der Waals surface area contributed by atoms with Gasteiger partial charge < -0.3 is 9.73 Å². The van der Waals surface area contributed by atoms with Crippen LogP contribution >= 0.6 is 11.3 Å². The third-order valence-corrected chi connectivity index (χ3v) is 3.33. The topological polar surface area (TPSA) is 80.0 Å². The Bertz CT molecular complexity index is 509. The Morgan fingerprint density at radius 1 is 1.61 bits per heavy atom. The van der Waals surface area contributed by atoms with Gasteiger partial charge in [-0.3, -0.25) is 5.32 Å². The normalized spacial score (nSPS) is 12.1. The highest BCUT2D eigenvalue weighted by Gasteiger charge is 2.13. The van der Waals surface area contributed by atoms with Crippen LogP contribution in [0.25, 0.3) is 0 Å². The van der Waals surface area contributed by atoms with E-state index in [1.807, 2.05) is 12.3 Å². The van der Waals surface area contributed by atoms with Gasteiger partial charge in [0.2, 0.25) is 0 Å². The van der Waals surface area contributed by atoms with Gasteiger partial charge in [0.1, 0.15) is 6.26 Å². The van der Waals surface area contributed by atoms with Crippen LogP contribution in [0.1, 0.15) is 30.6 Å². The van der Waals surface area contributed by atoms with Crippen molar-refractivity contribution in [2.75, 3.05) is 5.32 Å². The SMILES string of the molecule is CCc1nc([C@@H](C)NC(=O)Nc2ncco2)cs1. The molecular weight excluding hydrogens is 252 g/mol. The predicted octanol–water partition coefficient (Wildman–Crippen LogP) is 2.58. The third-order valence-electron chi connectivity index (χ3n) is 2.32. The summed E-state index contributed by atoms with van der Waals surface area (Å²) in [5.74, 6) is 0. The number of rotatable bonds is 4. The van der Waals surface area contributed by atoms with Gasteiger partial charge in [-0.05, 0) is 13.3 Å². The molecule has 0 spiro atoms. The molecule has 0 aliphatic carbocycles. The Kier molecular flexibility index (Phi) is 3.93. The maximum absolute atomic E-state index is 11.6. The van der Waals surface area contributed by atoms with E-state index < -0.39 is 0 Å². The molecule has 0 fully saturated rings. The Balaban J connectivity index is 1.90. The molecule has 0 aromatic carbocycles. The fourth-order valence-electron chi connectivity index (χ4n) is 1.38. The lowest BCUT2D eigenvalue weighted by Crippen LogP contribution is -2.31. The Hall–Kier alpha value is -1.89. The zero-order valence-corrected chi connectivity index (χ0v) is 11.0. The second-order valence-corrected chi connectivity index (χ2v) is 4.62. The molecule has 1 atom stereocenters. The molecule has 0 unspecified atom stereocenters. The molecule has 96 valence electrons. The van der Waals surface area contributed by atoms with Gasteiger partial charge in [-0.15, -0.1) is 11.3 Å². The van der Waals surface area contributed by atoms with E-state index in [0.717, 1.165) is 17.1 Å². The van der Waals surface area contributed by atoms with Crippen LogP contribution in [-0.2, 0) is 6.42 Å². The van der Waals surface area contributed by atoms with Crippen LogP contribution in [0.3, 0.4) is 0 Å². The van der Waals surface area contributed by atoms with Gasteiger partial charge in [-0.2, -0.15) is 0 Å². The van der Waals surface area contributed by atoms with Crippen LogP contribution in [0, 0.1) is 0 Å². The summed E-state index contributed by atoms with van der Waals surface area (Å²) in [6.07, 6.45) is 3.76. The molecule has 0 saturated carbocycles. The lowest BCUT2D eigenvalue weighted by atomic mass is 10.3. The van der Waals surface area contributed by atoms with Crippen molar-refractivity contribution in [1.29, 1.82) is 0 Å².